The molecular weight excluding hydrogens is 264 g/mol. The summed E-state index contributed by atoms with van der Waals surface area (Å²) >= 11 is 0. The Kier molecular flexibility index (Phi) is 4.95. The quantitative estimate of drug-likeness (QED) is 0.887. The number of hydrogen-bond acceptors (Lipinski definition) is 3. The predicted molar refractivity (Wildman–Crippen MR) is 85.2 cm³/mol. The largest absolute Gasteiger partial charge is 0.392 e. The summed E-state index contributed by atoms with van der Waals surface area (Å²) in [6, 6.07) is 15.5. The molecule has 0 aliphatic carbocycles. The van der Waals surface area contributed by atoms with Crippen molar-refractivity contribution in [3.8, 4) is 0 Å². The molecule has 110 valence electrons. The number of benzene rings is 2. The standard InChI is InChI=1S/C17H20N2O2/c1-13(21)19(2)17-6-4-3-5-16(17)18-11-14-7-9-15(12-20)10-8-14/h3-10,18,20H,11-12H2,1-2H3. The van der Waals surface area contributed by atoms with Crippen LogP contribution < -0.4 is 10.2 Å². The number of aliphatic hydroxyl groups is 1. The van der Waals surface area contributed by atoms with Gasteiger partial charge in [-0.25, -0.2) is 0 Å². The zero-order chi connectivity index (χ0) is 15.2. The molecule has 0 radical (unpaired) electrons. The van der Waals surface area contributed by atoms with Crippen molar-refractivity contribution in [1.82, 2.24) is 0 Å². The molecule has 0 saturated heterocycles. The Balaban J connectivity index is 2.10. The fourth-order valence-corrected chi connectivity index (χ4v) is 2.05. The van der Waals surface area contributed by atoms with E-state index in [1.165, 1.54) is 0 Å². The van der Waals surface area contributed by atoms with Crippen LogP contribution in [0.5, 0.6) is 0 Å². The first-order valence-electron chi connectivity index (χ1n) is 6.87. The van der Waals surface area contributed by atoms with Gasteiger partial charge in [-0.1, -0.05) is 36.4 Å². The van der Waals surface area contributed by atoms with E-state index >= 15 is 0 Å². The van der Waals surface area contributed by atoms with Crippen LogP contribution in [0.1, 0.15) is 18.1 Å². The zero-order valence-corrected chi connectivity index (χ0v) is 12.3. The highest BCUT2D eigenvalue weighted by molar-refractivity contribution is 5.94. The molecule has 0 unspecified atom stereocenters. The molecule has 0 aromatic heterocycles. The Morgan fingerprint density at radius 2 is 1.71 bits per heavy atom. The SMILES string of the molecule is CC(=O)N(C)c1ccccc1NCc1ccc(CO)cc1. The highest BCUT2D eigenvalue weighted by atomic mass is 16.3. The van der Waals surface area contributed by atoms with Crippen LogP contribution in [-0.4, -0.2) is 18.1 Å². The number of amides is 1. The highest BCUT2D eigenvalue weighted by Gasteiger charge is 2.09. The van der Waals surface area contributed by atoms with Gasteiger partial charge in [0.2, 0.25) is 5.91 Å². The minimum absolute atomic E-state index is 0.00320. The molecule has 2 rings (SSSR count). The molecule has 0 atom stereocenters. The summed E-state index contributed by atoms with van der Waals surface area (Å²) in [5.41, 5.74) is 3.79. The van der Waals surface area contributed by atoms with Crippen LogP contribution in [0, 0.1) is 0 Å². The Labute approximate surface area is 125 Å². The van der Waals surface area contributed by atoms with E-state index in [1.807, 2.05) is 48.5 Å². The third kappa shape index (κ3) is 3.83. The maximum absolute atomic E-state index is 11.5. The smallest absolute Gasteiger partial charge is 0.223 e. The Morgan fingerprint density at radius 3 is 2.33 bits per heavy atom. The molecule has 4 heteroatoms. The summed E-state index contributed by atoms with van der Waals surface area (Å²) in [5, 5.41) is 12.4. The number of rotatable bonds is 5. The molecule has 2 aromatic carbocycles. The van der Waals surface area contributed by atoms with Crippen LogP contribution in [0.4, 0.5) is 11.4 Å². The molecule has 1 amide bonds. The second kappa shape index (κ2) is 6.90. The average molecular weight is 284 g/mol. The summed E-state index contributed by atoms with van der Waals surface area (Å²) in [6.07, 6.45) is 0. The van der Waals surface area contributed by atoms with Gasteiger partial charge in [0, 0.05) is 20.5 Å². The maximum Gasteiger partial charge on any atom is 0.223 e. The molecule has 0 spiro atoms. The van der Waals surface area contributed by atoms with Crippen LogP contribution in [0.2, 0.25) is 0 Å². The summed E-state index contributed by atoms with van der Waals surface area (Å²) in [5.74, 6) is -0.00320. The normalized spacial score (nSPS) is 10.2. The number of hydrogen-bond donors (Lipinski definition) is 2. The van der Waals surface area contributed by atoms with Gasteiger partial charge in [-0.2, -0.15) is 0 Å². The van der Waals surface area contributed by atoms with Crippen LogP contribution in [0.25, 0.3) is 0 Å². The number of nitrogens with zero attached hydrogens (tertiary/aromatic N) is 1. The van der Waals surface area contributed by atoms with Crippen molar-refractivity contribution in [3.63, 3.8) is 0 Å². The van der Waals surface area contributed by atoms with Crippen LogP contribution in [-0.2, 0) is 17.9 Å². The second-order valence-electron chi connectivity index (χ2n) is 4.92. The minimum Gasteiger partial charge on any atom is -0.392 e. The summed E-state index contributed by atoms with van der Waals surface area (Å²) in [7, 11) is 1.76. The molecule has 0 heterocycles. The lowest BCUT2D eigenvalue weighted by Gasteiger charge is -2.20. The fraction of sp³-hybridized carbons (Fsp3) is 0.235. The Morgan fingerprint density at radius 1 is 1.10 bits per heavy atom. The summed E-state index contributed by atoms with van der Waals surface area (Å²) < 4.78 is 0. The number of nitrogens with one attached hydrogen (secondary N) is 1. The molecule has 21 heavy (non-hydrogen) atoms. The summed E-state index contributed by atoms with van der Waals surface area (Å²) in [6.45, 7) is 2.26. The van der Waals surface area contributed by atoms with E-state index in [0.717, 1.165) is 22.5 Å². The molecule has 0 saturated carbocycles. The topological polar surface area (TPSA) is 52.6 Å². The molecule has 0 aliphatic heterocycles. The summed E-state index contributed by atoms with van der Waals surface area (Å²) in [4.78, 5) is 13.1. The van der Waals surface area contributed by atoms with Gasteiger partial charge in [-0.3, -0.25) is 4.79 Å². The number of carbonyl (C=O) groups is 1. The minimum atomic E-state index is -0.00320. The lowest BCUT2D eigenvalue weighted by molar-refractivity contribution is -0.116. The van der Waals surface area contributed by atoms with Crippen molar-refractivity contribution in [2.75, 3.05) is 17.3 Å². The van der Waals surface area contributed by atoms with E-state index in [4.69, 9.17) is 5.11 Å². The van der Waals surface area contributed by atoms with Gasteiger partial charge in [0.15, 0.2) is 0 Å². The third-order valence-corrected chi connectivity index (χ3v) is 3.43. The lowest BCUT2D eigenvalue weighted by Crippen LogP contribution is -2.23. The maximum atomic E-state index is 11.5. The average Bonchev–Trinajstić information content (AvgIpc) is 2.53. The zero-order valence-electron chi connectivity index (χ0n) is 12.3. The van der Waals surface area contributed by atoms with Gasteiger partial charge in [-0.05, 0) is 23.3 Å². The molecular formula is C17H20N2O2. The van der Waals surface area contributed by atoms with Crippen LogP contribution >= 0.6 is 0 Å². The van der Waals surface area contributed by atoms with E-state index in [-0.39, 0.29) is 12.5 Å². The second-order valence-corrected chi connectivity index (χ2v) is 4.92. The molecule has 0 fully saturated rings. The molecule has 2 N–H and O–H groups in total. The first kappa shape index (κ1) is 15.1. The van der Waals surface area contributed by atoms with Crippen molar-refractivity contribution in [3.05, 3.63) is 59.7 Å². The first-order chi connectivity index (χ1) is 10.1. The number of carbonyl (C=O) groups excluding carboxylic acids is 1. The molecule has 2 aromatic rings. The van der Waals surface area contributed by atoms with E-state index in [0.29, 0.717) is 6.54 Å². The predicted octanol–water partition coefficient (Wildman–Crippen LogP) is 2.77. The third-order valence-electron chi connectivity index (χ3n) is 3.43. The van der Waals surface area contributed by atoms with Gasteiger partial charge in [0.25, 0.3) is 0 Å². The fourth-order valence-electron chi connectivity index (χ4n) is 2.05. The van der Waals surface area contributed by atoms with Gasteiger partial charge < -0.3 is 15.3 Å². The van der Waals surface area contributed by atoms with E-state index in [1.54, 1.807) is 18.9 Å². The van der Waals surface area contributed by atoms with Crippen LogP contribution in [0.3, 0.4) is 0 Å². The molecule has 4 nitrogen and oxygen atoms in total. The van der Waals surface area contributed by atoms with Crippen molar-refractivity contribution in [1.29, 1.82) is 0 Å². The van der Waals surface area contributed by atoms with Crippen molar-refractivity contribution >= 4 is 17.3 Å². The molecule has 0 bridgehead atoms. The van der Waals surface area contributed by atoms with E-state index < -0.39 is 0 Å². The van der Waals surface area contributed by atoms with Gasteiger partial charge >= 0.3 is 0 Å². The van der Waals surface area contributed by atoms with Crippen molar-refractivity contribution in [2.24, 2.45) is 0 Å². The van der Waals surface area contributed by atoms with Gasteiger partial charge in [0.1, 0.15) is 0 Å². The van der Waals surface area contributed by atoms with E-state index in [9.17, 15) is 4.79 Å². The van der Waals surface area contributed by atoms with Crippen LogP contribution in [0.15, 0.2) is 48.5 Å². The number of para-hydroxylation sites is 2. The Bertz CT molecular complexity index is 608. The number of aliphatic hydroxyl groups excluding tert-OH is 1. The Hall–Kier alpha value is -2.33. The van der Waals surface area contributed by atoms with E-state index in [2.05, 4.69) is 5.32 Å². The monoisotopic (exact) mass is 284 g/mol. The first-order valence-corrected chi connectivity index (χ1v) is 6.87. The number of anilines is 2. The molecule has 0 aliphatic rings. The van der Waals surface area contributed by atoms with Gasteiger partial charge in [-0.15, -0.1) is 0 Å². The van der Waals surface area contributed by atoms with Gasteiger partial charge in [0.05, 0.1) is 18.0 Å². The van der Waals surface area contributed by atoms with Crippen molar-refractivity contribution < 1.29 is 9.90 Å². The van der Waals surface area contributed by atoms with Crippen molar-refractivity contribution in [2.45, 2.75) is 20.1 Å². The highest BCUT2D eigenvalue weighted by Crippen LogP contribution is 2.25. The lowest BCUT2D eigenvalue weighted by atomic mass is 10.1.